The molecule has 3 aromatic carbocycles. The Kier molecular flexibility index (Phi) is 6.29. The van der Waals surface area contributed by atoms with Gasteiger partial charge in [0, 0.05) is 34.0 Å². The van der Waals surface area contributed by atoms with E-state index in [4.69, 9.17) is 11.6 Å². The van der Waals surface area contributed by atoms with Crippen molar-refractivity contribution in [3.8, 4) is 6.07 Å². The molecule has 0 radical (unpaired) electrons. The summed E-state index contributed by atoms with van der Waals surface area (Å²) >= 11 is 5.82. The first kappa shape index (κ1) is 19.0. The molecular weight excluding hydrogens is 372 g/mol. The lowest BCUT2D eigenvalue weighted by atomic mass is 10.2. The second-order valence-electron chi connectivity index (χ2n) is 5.84. The summed E-state index contributed by atoms with van der Waals surface area (Å²) in [6, 6.07) is 25.9. The van der Waals surface area contributed by atoms with Gasteiger partial charge < -0.3 is 16.0 Å². The van der Waals surface area contributed by atoms with Crippen LogP contribution in [0.5, 0.6) is 0 Å². The van der Waals surface area contributed by atoms with Crippen LogP contribution in [0.3, 0.4) is 0 Å². The van der Waals surface area contributed by atoms with E-state index >= 15 is 0 Å². The van der Waals surface area contributed by atoms with E-state index in [2.05, 4.69) is 16.0 Å². The number of hydrogen-bond acceptors (Lipinski definition) is 4. The van der Waals surface area contributed by atoms with Crippen molar-refractivity contribution >= 4 is 40.3 Å². The second-order valence-corrected chi connectivity index (χ2v) is 6.28. The van der Waals surface area contributed by atoms with Gasteiger partial charge in [0.25, 0.3) is 5.91 Å². The molecule has 3 rings (SSSR count). The predicted octanol–water partition coefficient (Wildman–Crippen LogP) is 5.54. The third-order valence-corrected chi connectivity index (χ3v) is 4.05. The highest BCUT2D eigenvalue weighted by molar-refractivity contribution is 6.30. The van der Waals surface area contributed by atoms with E-state index in [1.807, 2.05) is 60.7 Å². The third-order valence-electron chi connectivity index (χ3n) is 3.80. The fourth-order valence-electron chi connectivity index (χ4n) is 2.37. The number of para-hydroxylation sites is 1. The van der Waals surface area contributed by atoms with Crippen LogP contribution in [0.4, 0.5) is 22.7 Å². The van der Waals surface area contributed by atoms with Crippen molar-refractivity contribution < 1.29 is 4.79 Å². The first-order valence-corrected chi connectivity index (χ1v) is 8.88. The Morgan fingerprint density at radius 1 is 0.821 bits per heavy atom. The van der Waals surface area contributed by atoms with Crippen molar-refractivity contribution in [3.63, 3.8) is 0 Å². The van der Waals surface area contributed by atoms with Crippen LogP contribution in [0.2, 0.25) is 5.02 Å². The Balaban J connectivity index is 1.61. The quantitative estimate of drug-likeness (QED) is 0.382. The Morgan fingerprint density at radius 3 is 2.04 bits per heavy atom. The molecule has 5 nitrogen and oxygen atoms in total. The zero-order valence-corrected chi connectivity index (χ0v) is 15.6. The third kappa shape index (κ3) is 5.37. The van der Waals surface area contributed by atoms with E-state index in [-0.39, 0.29) is 5.57 Å². The van der Waals surface area contributed by atoms with Gasteiger partial charge in [-0.2, -0.15) is 5.26 Å². The van der Waals surface area contributed by atoms with Crippen LogP contribution in [0.25, 0.3) is 0 Å². The van der Waals surface area contributed by atoms with Gasteiger partial charge in [0.2, 0.25) is 0 Å². The Bertz CT molecular complexity index is 1010. The van der Waals surface area contributed by atoms with E-state index in [0.29, 0.717) is 10.7 Å². The van der Waals surface area contributed by atoms with Crippen LogP contribution >= 0.6 is 11.6 Å². The normalized spacial score (nSPS) is 10.6. The molecule has 3 aromatic rings. The topological polar surface area (TPSA) is 77.0 Å². The molecule has 0 aliphatic rings. The first-order chi connectivity index (χ1) is 13.6. The fraction of sp³-hybridized carbons (Fsp3) is 0. The van der Waals surface area contributed by atoms with Crippen molar-refractivity contribution in [2.24, 2.45) is 0 Å². The highest BCUT2D eigenvalue weighted by Crippen LogP contribution is 2.19. The number of carbonyl (C=O) groups is 1. The molecule has 0 aliphatic carbocycles. The Hall–Kier alpha value is -3.75. The minimum atomic E-state index is -0.500. The molecule has 0 unspecified atom stereocenters. The Labute approximate surface area is 168 Å². The van der Waals surface area contributed by atoms with Gasteiger partial charge in [0.15, 0.2) is 0 Å². The van der Waals surface area contributed by atoms with E-state index in [1.54, 1.807) is 24.3 Å². The molecular formula is C22H17ClN4O. The summed E-state index contributed by atoms with van der Waals surface area (Å²) in [5, 5.41) is 18.7. The van der Waals surface area contributed by atoms with Crippen LogP contribution in [0.15, 0.2) is 90.6 Å². The second kappa shape index (κ2) is 9.26. The number of hydrogen-bond donors (Lipinski definition) is 3. The van der Waals surface area contributed by atoms with Gasteiger partial charge in [-0.3, -0.25) is 4.79 Å². The van der Waals surface area contributed by atoms with Gasteiger partial charge in [-0.05, 0) is 60.7 Å². The smallest absolute Gasteiger partial charge is 0.267 e. The number of nitrogens with zero attached hydrogens (tertiary/aromatic N) is 1. The number of rotatable bonds is 6. The lowest BCUT2D eigenvalue weighted by Gasteiger charge is -2.08. The molecule has 138 valence electrons. The zero-order valence-electron chi connectivity index (χ0n) is 14.8. The molecule has 6 heteroatoms. The van der Waals surface area contributed by atoms with Crippen molar-refractivity contribution in [3.05, 3.63) is 95.7 Å². The van der Waals surface area contributed by atoms with Crippen molar-refractivity contribution in [1.82, 2.24) is 0 Å². The molecule has 0 aromatic heterocycles. The lowest BCUT2D eigenvalue weighted by molar-refractivity contribution is -0.112. The van der Waals surface area contributed by atoms with Crippen LogP contribution < -0.4 is 16.0 Å². The molecule has 3 N–H and O–H groups in total. The first-order valence-electron chi connectivity index (χ1n) is 8.50. The van der Waals surface area contributed by atoms with Gasteiger partial charge in [-0.25, -0.2) is 0 Å². The molecule has 0 saturated carbocycles. The summed E-state index contributed by atoms with van der Waals surface area (Å²) in [7, 11) is 0. The molecule has 0 saturated heterocycles. The van der Waals surface area contributed by atoms with Crippen LogP contribution in [-0.2, 0) is 4.79 Å². The van der Waals surface area contributed by atoms with Crippen LogP contribution in [0, 0.1) is 11.3 Å². The minimum Gasteiger partial charge on any atom is -0.360 e. The molecule has 1 amide bonds. The monoisotopic (exact) mass is 388 g/mol. The Morgan fingerprint density at radius 2 is 1.39 bits per heavy atom. The molecule has 0 fully saturated rings. The summed E-state index contributed by atoms with van der Waals surface area (Å²) in [5.41, 5.74) is 3.20. The fourth-order valence-corrected chi connectivity index (χ4v) is 2.50. The highest BCUT2D eigenvalue weighted by Gasteiger charge is 2.09. The number of carbonyl (C=O) groups excluding carboxylic acids is 1. The van der Waals surface area contributed by atoms with Gasteiger partial charge in [0.05, 0.1) is 0 Å². The van der Waals surface area contributed by atoms with E-state index in [9.17, 15) is 10.1 Å². The number of benzene rings is 3. The van der Waals surface area contributed by atoms with E-state index in [0.717, 1.165) is 17.1 Å². The molecule has 0 atom stereocenters. The molecule has 0 heterocycles. The van der Waals surface area contributed by atoms with Crippen LogP contribution in [0.1, 0.15) is 0 Å². The average Bonchev–Trinajstić information content (AvgIpc) is 2.72. The van der Waals surface area contributed by atoms with Crippen LogP contribution in [-0.4, -0.2) is 5.91 Å². The maximum Gasteiger partial charge on any atom is 0.267 e. The largest absolute Gasteiger partial charge is 0.360 e. The predicted molar refractivity (Wildman–Crippen MR) is 114 cm³/mol. The van der Waals surface area contributed by atoms with Gasteiger partial charge in [-0.15, -0.1) is 0 Å². The number of halogens is 1. The maximum atomic E-state index is 12.2. The van der Waals surface area contributed by atoms with Gasteiger partial charge >= 0.3 is 0 Å². The maximum absolute atomic E-state index is 12.2. The van der Waals surface area contributed by atoms with Gasteiger partial charge in [0.1, 0.15) is 11.6 Å². The zero-order chi connectivity index (χ0) is 19.8. The standard InChI is InChI=1S/C22H17ClN4O/c23-17-6-8-21(9-7-17)27-22(28)16(14-24)15-25-18-10-12-20(13-11-18)26-19-4-2-1-3-5-19/h1-13,15,25-26H,(H,27,28)/b16-15-. The number of nitriles is 1. The summed E-state index contributed by atoms with van der Waals surface area (Å²) in [5.74, 6) is -0.500. The number of amides is 1. The molecule has 0 spiro atoms. The SMILES string of the molecule is N#C/C(=C/Nc1ccc(Nc2ccccc2)cc1)C(=O)Nc1ccc(Cl)cc1. The van der Waals surface area contributed by atoms with Gasteiger partial charge in [-0.1, -0.05) is 29.8 Å². The van der Waals surface area contributed by atoms with E-state index < -0.39 is 5.91 Å². The number of anilines is 4. The number of nitrogens with one attached hydrogen (secondary N) is 3. The summed E-state index contributed by atoms with van der Waals surface area (Å²) in [6.45, 7) is 0. The summed E-state index contributed by atoms with van der Waals surface area (Å²) in [6.07, 6.45) is 1.38. The summed E-state index contributed by atoms with van der Waals surface area (Å²) in [4.78, 5) is 12.2. The molecule has 0 bridgehead atoms. The van der Waals surface area contributed by atoms with Crippen molar-refractivity contribution in [2.45, 2.75) is 0 Å². The molecule has 28 heavy (non-hydrogen) atoms. The average molecular weight is 389 g/mol. The molecule has 0 aliphatic heterocycles. The van der Waals surface area contributed by atoms with Crippen molar-refractivity contribution in [2.75, 3.05) is 16.0 Å². The lowest BCUT2D eigenvalue weighted by Crippen LogP contribution is -2.14. The minimum absolute atomic E-state index is 0.0403. The van der Waals surface area contributed by atoms with Crippen molar-refractivity contribution in [1.29, 1.82) is 5.26 Å². The highest BCUT2D eigenvalue weighted by atomic mass is 35.5. The van der Waals surface area contributed by atoms with E-state index in [1.165, 1.54) is 6.20 Å². The summed E-state index contributed by atoms with van der Waals surface area (Å²) < 4.78 is 0.